The van der Waals surface area contributed by atoms with Gasteiger partial charge < -0.3 is 14.8 Å². The summed E-state index contributed by atoms with van der Waals surface area (Å²) in [6.07, 6.45) is 17.0. The Hall–Kier alpha value is -1.30. The smallest absolute Gasteiger partial charge is 0.336 e. The molecule has 2 aromatic rings. The predicted molar refractivity (Wildman–Crippen MR) is 134 cm³/mol. The average molecular weight is 453 g/mol. The fraction of sp³-hybridized carbons (Fsp3) is 0.615. The van der Waals surface area contributed by atoms with E-state index in [0.717, 1.165) is 18.4 Å². The van der Waals surface area contributed by atoms with E-state index in [1.807, 2.05) is 0 Å². The Kier molecular flexibility index (Phi) is 14.7. The molecule has 1 heterocycles. The van der Waals surface area contributed by atoms with Gasteiger partial charge in [0.25, 0.3) is 0 Å². The second-order valence-corrected chi connectivity index (χ2v) is 8.65. The first-order chi connectivity index (χ1) is 15.0. The number of hydrogen-bond acceptors (Lipinski definition) is 4. The molecule has 0 atom stereocenters. The van der Waals surface area contributed by atoms with Crippen molar-refractivity contribution < 1.29 is 14.3 Å². The normalized spacial score (nSPS) is 10.8. The molecule has 0 aliphatic rings. The third kappa shape index (κ3) is 10.5. The first-order valence-corrected chi connectivity index (χ1v) is 12.1. The number of hydrogen-bond donors (Lipinski definition) is 2. The Balaban J connectivity index is 0.00000512. The third-order valence-electron chi connectivity index (χ3n) is 5.85. The van der Waals surface area contributed by atoms with E-state index in [1.165, 1.54) is 82.8 Å². The molecule has 1 aromatic heterocycles. The van der Waals surface area contributed by atoms with Crippen LogP contribution in [0.15, 0.2) is 27.4 Å². The van der Waals surface area contributed by atoms with Crippen LogP contribution in [0.4, 0.5) is 5.69 Å². The number of aryl methyl sites for hydroxylation is 1. The zero-order chi connectivity index (χ0) is 22.5. The Labute approximate surface area is 214 Å². The molecule has 0 saturated carbocycles. The summed E-state index contributed by atoms with van der Waals surface area (Å²) < 4.78 is 5.11. The first kappa shape index (κ1) is 28.7. The van der Waals surface area contributed by atoms with Gasteiger partial charge in [0.15, 0.2) is 0 Å². The molecule has 1 amide bonds. The van der Waals surface area contributed by atoms with Crippen LogP contribution < -0.4 is 10.9 Å². The number of fused-ring (bicyclic) bond motifs is 1. The molecule has 32 heavy (non-hydrogen) atoms. The van der Waals surface area contributed by atoms with E-state index in [4.69, 9.17) is 4.42 Å². The minimum absolute atomic E-state index is 0. The van der Waals surface area contributed by atoms with Crippen molar-refractivity contribution >= 4 is 52.1 Å². The fourth-order valence-corrected chi connectivity index (χ4v) is 3.97. The van der Waals surface area contributed by atoms with Gasteiger partial charge in [-0.1, -0.05) is 84.0 Å². The van der Waals surface area contributed by atoms with Crippen molar-refractivity contribution in [3.8, 4) is 5.75 Å². The summed E-state index contributed by atoms with van der Waals surface area (Å²) in [5.74, 6) is -0.201. The molecule has 0 aliphatic heterocycles. The number of unbranched alkanes of at least 4 members (excludes halogenated alkanes) is 12. The molecule has 0 aliphatic carbocycles. The minimum atomic E-state index is -0.455. The Morgan fingerprint density at radius 2 is 1.41 bits per heavy atom. The number of anilines is 1. The van der Waals surface area contributed by atoms with E-state index < -0.39 is 5.63 Å². The topological polar surface area (TPSA) is 79.5 Å². The molecule has 0 spiro atoms. The van der Waals surface area contributed by atoms with Gasteiger partial charge in [0.1, 0.15) is 11.3 Å². The van der Waals surface area contributed by atoms with E-state index in [-0.39, 0.29) is 41.2 Å². The minimum Gasteiger partial charge on any atom is -0.506 e. The number of nitrogens with one attached hydrogen (secondary N) is 1. The van der Waals surface area contributed by atoms with Gasteiger partial charge in [0.05, 0.1) is 5.69 Å². The molecular weight excluding hydrogens is 413 g/mol. The van der Waals surface area contributed by atoms with Crippen LogP contribution in [-0.4, -0.2) is 40.6 Å². The first-order valence-electron chi connectivity index (χ1n) is 12.1. The number of benzene rings is 1. The van der Waals surface area contributed by atoms with Crippen molar-refractivity contribution in [3.05, 3.63) is 34.2 Å². The number of phenolic OH excluding ortho intramolecular Hbond substituents is 1. The van der Waals surface area contributed by atoms with Crippen LogP contribution in [0.5, 0.6) is 5.75 Å². The maximum Gasteiger partial charge on any atom is 0.336 e. The van der Waals surface area contributed by atoms with Gasteiger partial charge in [0, 0.05) is 53.5 Å². The summed E-state index contributed by atoms with van der Waals surface area (Å²) in [5, 5.41) is 13.6. The zero-order valence-electron chi connectivity index (χ0n) is 20.3. The number of rotatable bonds is 15. The predicted octanol–water partition coefficient (Wildman–Crippen LogP) is 6.85. The van der Waals surface area contributed by atoms with E-state index in [0.29, 0.717) is 23.1 Å². The van der Waals surface area contributed by atoms with E-state index >= 15 is 0 Å². The standard InChI is InChI=1S/C26H39NO4.Na/c1-3-4-5-6-7-8-9-10-11-12-13-14-15-16-25(29)27-22-18-21-20(2)17-26(30)31-24(21)19-23(22)28;/h17-19,28H,3-16H2,1-2H3,(H,27,29);. The number of carbonyl (C=O) groups excluding carboxylic acids is 1. The van der Waals surface area contributed by atoms with Gasteiger partial charge in [-0.15, -0.1) is 0 Å². The summed E-state index contributed by atoms with van der Waals surface area (Å²) in [6, 6.07) is 4.44. The van der Waals surface area contributed by atoms with Crippen LogP contribution in [0, 0.1) is 6.92 Å². The second-order valence-electron chi connectivity index (χ2n) is 8.65. The van der Waals surface area contributed by atoms with Crippen LogP contribution in [0.2, 0.25) is 0 Å². The molecular formula is C26H39NNaO4. The average Bonchev–Trinajstić information content (AvgIpc) is 2.72. The van der Waals surface area contributed by atoms with Crippen molar-refractivity contribution in [2.75, 3.05) is 5.32 Å². The van der Waals surface area contributed by atoms with Crippen LogP contribution in [0.25, 0.3) is 11.0 Å². The summed E-state index contributed by atoms with van der Waals surface area (Å²) in [7, 11) is 0. The van der Waals surface area contributed by atoms with Crippen LogP contribution in [0.1, 0.15) is 102 Å². The van der Waals surface area contributed by atoms with Gasteiger partial charge in [-0.2, -0.15) is 0 Å². The van der Waals surface area contributed by atoms with Gasteiger partial charge in [-0.25, -0.2) is 4.79 Å². The van der Waals surface area contributed by atoms with Gasteiger partial charge in [-0.05, 0) is 25.0 Å². The molecule has 1 radical (unpaired) electrons. The molecule has 0 unspecified atom stereocenters. The number of carbonyl (C=O) groups is 1. The molecule has 0 bridgehead atoms. The number of aromatic hydroxyl groups is 1. The largest absolute Gasteiger partial charge is 0.506 e. The molecule has 173 valence electrons. The maximum absolute atomic E-state index is 12.2. The molecule has 0 fully saturated rings. The van der Waals surface area contributed by atoms with E-state index in [9.17, 15) is 14.7 Å². The van der Waals surface area contributed by atoms with Crippen molar-refractivity contribution in [3.63, 3.8) is 0 Å². The van der Waals surface area contributed by atoms with Gasteiger partial charge >= 0.3 is 5.63 Å². The third-order valence-corrected chi connectivity index (χ3v) is 5.85. The van der Waals surface area contributed by atoms with Crippen molar-refractivity contribution in [1.82, 2.24) is 0 Å². The SMILES string of the molecule is CCCCCCCCCCCCCCCC(=O)Nc1cc2c(C)cc(=O)oc2cc1O.[Na]. The summed E-state index contributed by atoms with van der Waals surface area (Å²) in [5.41, 5.74) is 0.961. The molecule has 5 nitrogen and oxygen atoms in total. The summed E-state index contributed by atoms with van der Waals surface area (Å²) >= 11 is 0. The molecule has 0 saturated heterocycles. The Bertz CT molecular complexity index is 878. The molecule has 1 aromatic carbocycles. The summed E-state index contributed by atoms with van der Waals surface area (Å²) in [4.78, 5) is 23.7. The van der Waals surface area contributed by atoms with E-state index in [1.54, 1.807) is 13.0 Å². The monoisotopic (exact) mass is 452 g/mol. The van der Waals surface area contributed by atoms with Gasteiger partial charge in [-0.3, -0.25) is 4.79 Å². The van der Waals surface area contributed by atoms with Crippen molar-refractivity contribution in [1.29, 1.82) is 0 Å². The fourth-order valence-electron chi connectivity index (χ4n) is 3.97. The Morgan fingerprint density at radius 1 is 0.875 bits per heavy atom. The van der Waals surface area contributed by atoms with Crippen molar-refractivity contribution in [2.24, 2.45) is 0 Å². The maximum atomic E-state index is 12.2. The molecule has 2 N–H and O–H groups in total. The van der Waals surface area contributed by atoms with Crippen molar-refractivity contribution in [2.45, 2.75) is 104 Å². The van der Waals surface area contributed by atoms with Crippen LogP contribution >= 0.6 is 0 Å². The number of amides is 1. The molecule has 2 rings (SSSR count). The second kappa shape index (κ2) is 16.3. The molecule has 6 heteroatoms. The Morgan fingerprint density at radius 3 is 1.97 bits per heavy atom. The number of phenols is 1. The van der Waals surface area contributed by atoms with E-state index in [2.05, 4.69) is 12.2 Å². The summed E-state index contributed by atoms with van der Waals surface area (Å²) in [6.45, 7) is 4.06. The van der Waals surface area contributed by atoms with Crippen LogP contribution in [0.3, 0.4) is 0 Å². The quantitative estimate of drug-likeness (QED) is 0.134. The van der Waals surface area contributed by atoms with Gasteiger partial charge in [0.2, 0.25) is 5.91 Å². The van der Waals surface area contributed by atoms with Crippen LogP contribution in [-0.2, 0) is 4.79 Å². The zero-order valence-corrected chi connectivity index (χ0v) is 22.3.